The van der Waals surface area contributed by atoms with Gasteiger partial charge >= 0.3 is 5.97 Å². The monoisotopic (exact) mass is 245 g/mol. The molecule has 0 spiro atoms. The van der Waals surface area contributed by atoms with Crippen LogP contribution in [0.2, 0.25) is 0 Å². The van der Waals surface area contributed by atoms with Gasteiger partial charge in [-0.2, -0.15) is 0 Å². The Labute approximate surface area is 105 Å². The highest BCUT2D eigenvalue weighted by molar-refractivity contribution is 5.97. The van der Waals surface area contributed by atoms with Gasteiger partial charge in [-0.25, -0.2) is 4.79 Å². The number of nitrogens with zero attached hydrogens (tertiary/aromatic N) is 1. The van der Waals surface area contributed by atoms with Crippen LogP contribution in [0.5, 0.6) is 0 Å². The van der Waals surface area contributed by atoms with Gasteiger partial charge in [-0.15, -0.1) is 0 Å². The Hall–Kier alpha value is -2.10. The summed E-state index contributed by atoms with van der Waals surface area (Å²) in [6.45, 7) is 4.78. The summed E-state index contributed by atoms with van der Waals surface area (Å²) < 4.78 is 6.92. The van der Waals surface area contributed by atoms with Crippen molar-refractivity contribution in [2.45, 2.75) is 20.4 Å². The van der Waals surface area contributed by atoms with Crippen molar-refractivity contribution in [3.63, 3.8) is 0 Å². The summed E-state index contributed by atoms with van der Waals surface area (Å²) in [6, 6.07) is 7.14. The summed E-state index contributed by atoms with van der Waals surface area (Å²) in [5.74, 6) is -0.330. The third-order valence-corrected chi connectivity index (χ3v) is 2.86. The van der Waals surface area contributed by atoms with Gasteiger partial charge in [0.1, 0.15) is 12.0 Å². The SMILES string of the molecule is CCOC(=O)c1cc2cc(C=O)ccc2n1CC. The molecule has 0 fully saturated rings. The Morgan fingerprint density at radius 2 is 2.11 bits per heavy atom. The van der Waals surface area contributed by atoms with E-state index >= 15 is 0 Å². The number of fused-ring (bicyclic) bond motifs is 1. The minimum Gasteiger partial charge on any atom is -0.461 e. The fraction of sp³-hybridized carbons (Fsp3) is 0.286. The zero-order valence-corrected chi connectivity index (χ0v) is 10.5. The molecule has 0 saturated carbocycles. The Morgan fingerprint density at radius 1 is 1.33 bits per heavy atom. The summed E-state index contributed by atoms with van der Waals surface area (Å²) in [5, 5.41) is 0.879. The highest BCUT2D eigenvalue weighted by Gasteiger charge is 2.15. The van der Waals surface area contributed by atoms with E-state index in [0.717, 1.165) is 17.2 Å². The molecule has 0 radical (unpaired) electrons. The Balaban J connectivity index is 2.59. The summed E-state index contributed by atoms with van der Waals surface area (Å²) in [6.07, 6.45) is 0.798. The van der Waals surface area contributed by atoms with Crippen molar-refractivity contribution in [1.29, 1.82) is 0 Å². The van der Waals surface area contributed by atoms with Gasteiger partial charge < -0.3 is 9.30 Å². The first-order valence-electron chi connectivity index (χ1n) is 5.96. The van der Waals surface area contributed by atoms with Crippen molar-refractivity contribution in [2.75, 3.05) is 6.61 Å². The van der Waals surface area contributed by atoms with E-state index in [0.29, 0.717) is 24.4 Å². The van der Waals surface area contributed by atoms with E-state index < -0.39 is 0 Å². The molecular formula is C14H15NO3. The predicted molar refractivity (Wildman–Crippen MR) is 69.0 cm³/mol. The van der Waals surface area contributed by atoms with E-state index in [-0.39, 0.29) is 5.97 Å². The third kappa shape index (κ3) is 2.01. The van der Waals surface area contributed by atoms with Crippen molar-refractivity contribution in [1.82, 2.24) is 4.57 Å². The molecular weight excluding hydrogens is 230 g/mol. The molecule has 94 valence electrons. The highest BCUT2D eigenvalue weighted by Crippen LogP contribution is 2.21. The molecule has 18 heavy (non-hydrogen) atoms. The van der Waals surface area contributed by atoms with Gasteiger partial charge in [0.05, 0.1) is 6.61 Å². The van der Waals surface area contributed by atoms with Gasteiger partial charge in [0.25, 0.3) is 0 Å². The van der Waals surface area contributed by atoms with Crippen LogP contribution in [-0.4, -0.2) is 23.4 Å². The Kier molecular flexibility index (Phi) is 3.46. The third-order valence-electron chi connectivity index (χ3n) is 2.86. The maximum Gasteiger partial charge on any atom is 0.354 e. The standard InChI is InChI=1S/C14H15NO3/c1-3-15-12-6-5-10(9-16)7-11(12)8-13(15)14(17)18-4-2/h5-9H,3-4H2,1-2H3. The van der Waals surface area contributed by atoms with Crippen LogP contribution in [0.15, 0.2) is 24.3 Å². The molecule has 1 aromatic heterocycles. The number of ether oxygens (including phenoxy) is 1. The topological polar surface area (TPSA) is 48.3 Å². The lowest BCUT2D eigenvalue weighted by atomic mass is 10.2. The zero-order chi connectivity index (χ0) is 13.1. The number of carbonyl (C=O) groups is 2. The Morgan fingerprint density at radius 3 is 2.72 bits per heavy atom. The van der Waals surface area contributed by atoms with Crippen LogP contribution < -0.4 is 0 Å². The summed E-state index contributed by atoms with van der Waals surface area (Å²) in [7, 11) is 0. The lowest BCUT2D eigenvalue weighted by Crippen LogP contribution is -2.11. The first-order chi connectivity index (χ1) is 8.71. The Bertz CT molecular complexity index is 598. The summed E-state index contributed by atoms with van der Waals surface area (Å²) in [5.41, 5.74) is 2.06. The molecule has 0 aliphatic carbocycles. The highest BCUT2D eigenvalue weighted by atomic mass is 16.5. The minimum absolute atomic E-state index is 0.330. The van der Waals surface area contributed by atoms with Crippen molar-refractivity contribution in [3.05, 3.63) is 35.5 Å². The molecule has 2 aromatic rings. The lowest BCUT2D eigenvalue weighted by Gasteiger charge is -2.06. The first kappa shape index (κ1) is 12.4. The molecule has 0 N–H and O–H groups in total. The van der Waals surface area contributed by atoms with Crippen LogP contribution in [0.25, 0.3) is 10.9 Å². The van der Waals surface area contributed by atoms with Crippen LogP contribution in [0.3, 0.4) is 0 Å². The van der Waals surface area contributed by atoms with Crippen molar-refractivity contribution >= 4 is 23.2 Å². The number of carbonyl (C=O) groups excluding carboxylic acids is 2. The van der Waals surface area contributed by atoms with Gasteiger partial charge in [-0.3, -0.25) is 4.79 Å². The average molecular weight is 245 g/mol. The van der Waals surface area contributed by atoms with Crippen LogP contribution >= 0.6 is 0 Å². The first-order valence-corrected chi connectivity index (χ1v) is 5.96. The van der Waals surface area contributed by atoms with Crippen LogP contribution in [0.1, 0.15) is 34.7 Å². The molecule has 0 atom stereocenters. The summed E-state index contributed by atoms with van der Waals surface area (Å²) >= 11 is 0. The van der Waals surface area contributed by atoms with Gasteiger partial charge in [-0.1, -0.05) is 0 Å². The van der Waals surface area contributed by atoms with Gasteiger partial charge in [0.15, 0.2) is 0 Å². The second-order valence-corrected chi connectivity index (χ2v) is 3.93. The van der Waals surface area contributed by atoms with Crippen molar-refractivity contribution in [2.24, 2.45) is 0 Å². The average Bonchev–Trinajstić information content (AvgIpc) is 2.76. The number of hydrogen-bond donors (Lipinski definition) is 0. The van der Waals surface area contributed by atoms with Gasteiger partial charge in [-0.05, 0) is 38.1 Å². The largest absolute Gasteiger partial charge is 0.461 e. The van der Waals surface area contributed by atoms with Gasteiger partial charge in [0.2, 0.25) is 0 Å². The fourth-order valence-electron chi connectivity index (χ4n) is 2.08. The minimum atomic E-state index is -0.330. The van der Waals surface area contributed by atoms with Crippen LogP contribution in [-0.2, 0) is 11.3 Å². The van der Waals surface area contributed by atoms with E-state index in [2.05, 4.69) is 0 Å². The van der Waals surface area contributed by atoms with Crippen LogP contribution in [0.4, 0.5) is 0 Å². The van der Waals surface area contributed by atoms with E-state index in [4.69, 9.17) is 4.74 Å². The maximum absolute atomic E-state index is 11.8. The molecule has 0 unspecified atom stereocenters. The van der Waals surface area contributed by atoms with E-state index in [1.165, 1.54) is 0 Å². The zero-order valence-electron chi connectivity index (χ0n) is 10.5. The van der Waals surface area contributed by atoms with E-state index in [1.54, 1.807) is 25.1 Å². The number of esters is 1. The maximum atomic E-state index is 11.8. The molecule has 0 aliphatic rings. The number of aldehydes is 1. The van der Waals surface area contributed by atoms with Crippen molar-refractivity contribution in [3.8, 4) is 0 Å². The molecule has 1 heterocycles. The molecule has 2 rings (SSSR count). The number of aromatic nitrogens is 1. The molecule has 1 aromatic carbocycles. The lowest BCUT2D eigenvalue weighted by molar-refractivity contribution is 0.0514. The quantitative estimate of drug-likeness (QED) is 0.614. The van der Waals surface area contributed by atoms with Crippen LogP contribution in [0, 0.1) is 0 Å². The molecule has 0 amide bonds. The van der Waals surface area contributed by atoms with Gasteiger partial charge in [0, 0.05) is 23.0 Å². The predicted octanol–water partition coefficient (Wildman–Crippen LogP) is 2.65. The fourth-order valence-corrected chi connectivity index (χ4v) is 2.08. The van der Waals surface area contributed by atoms with E-state index in [9.17, 15) is 9.59 Å². The number of aryl methyl sites for hydroxylation is 1. The second kappa shape index (κ2) is 5.04. The normalized spacial score (nSPS) is 10.6. The number of benzene rings is 1. The number of rotatable bonds is 4. The molecule has 0 saturated heterocycles. The second-order valence-electron chi connectivity index (χ2n) is 3.93. The molecule has 0 aliphatic heterocycles. The molecule has 4 heteroatoms. The smallest absolute Gasteiger partial charge is 0.354 e. The molecule has 0 bridgehead atoms. The molecule has 4 nitrogen and oxygen atoms in total. The summed E-state index contributed by atoms with van der Waals surface area (Å²) in [4.78, 5) is 22.6. The van der Waals surface area contributed by atoms with Crippen molar-refractivity contribution < 1.29 is 14.3 Å². The number of hydrogen-bond acceptors (Lipinski definition) is 3. The van der Waals surface area contributed by atoms with E-state index in [1.807, 2.05) is 17.6 Å².